The average Bonchev–Trinajstić information content (AvgIpc) is 2.74. The summed E-state index contributed by atoms with van der Waals surface area (Å²) in [4.78, 5) is 12.2. The van der Waals surface area contributed by atoms with Crippen LogP contribution in [0.2, 0.25) is 0 Å². The van der Waals surface area contributed by atoms with E-state index in [2.05, 4.69) is 13.0 Å². The SMILES string of the molecule is Cc1cccc(C(=O)C2CCSC2)c1C. The van der Waals surface area contributed by atoms with Gasteiger partial charge in [0, 0.05) is 17.2 Å². The predicted octanol–water partition coefficient (Wildman–Crippen LogP) is 3.24. The van der Waals surface area contributed by atoms with Crippen LogP contribution in [0.5, 0.6) is 0 Å². The third-order valence-electron chi connectivity index (χ3n) is 3.17. The fraction of sp³-hybridized carbons (Fsp3) is 0.462. The van der Waals surface area contributed by atoms with E-state index in [1.54, 1.807) is 0 Å². The van der Waals surface area contributed by atoms with Crippen LogP contribution in [0.4, 0.5) is 0 Å². The quantitative estimate of drug-likeness (QED) is 0.712. The molecule has 1 aliphatic rings. The molecule has 1 aromatic rings. The van der Waals surface area contributed by atoms with Crippen molar-refractivity contribution in [2.75, 3.05) is 11.5 Å². The number of aryl methyl sites for hydroxylation is 1. The molecule has 1 fully saturated rings. The maximum absolute atomic E-state index is 12.2. The number of Topliss-reactive ketones (excluding diaryl/α,β-unsaturated/α-hetero) is 1. The van der Waals surface area contributed by atoms with Crippen molar-refractivity contribution in [3.63, 3.8) is 0 Å². The van der Waals surface area contributed by atoms with Crippen molar-refractivity contribution in [2.24, 2.45) is 5.92 Å². The number of thioether (sulfide) groups is 1. The standard InChI is InChI=1S/C13H16OS/c1-9-4-3-5-12(10(9)2)13(14)11-6-7-15-8-11/h3-5,11H,6-8H2,1-2H3. The Balaban J connectivity index is 2.28. The van der Waals surface area contributed by atoms with E-state index in [9.17, 15) is 4.79 Å². The molecule has 80 valence electrons. The maximum atomic E-state index is 12.2. The Labute approximate surface area is 95.3 Å². The van der Waals surface area contributed by atoms with Crippen molar-refractivity contribution in [1.29, 1.82) is 0 Å². The fourth-order valence-electron chi connectivity index (χ4n) is 1.98. The minimum absolute atomic E-state index is 0.260. The first-order valence-electron chi connectivity index (χ1n) is 5.38. The second-order valence-electron chi connectivity index (χ2n) is 4.17. The minimum Gasteiger partial charge on any atom is -0.294 e. The molecule has 0 aliphatic carbocycles. The molecule has 2 heteroatoms. The third kappa shape index (κ3) is 2.10. The number of carbonyl (C=O) groups excluding carboxylic acids is 1. The van der Waals surface area contributed by atoms with Gasteiger partial charge < -0.3 is 0 Å². The lowest BCUT2D eigenvalue weighted by Gasteiger charge is -2.11. The summed E-state index contributed by atoms with van der Waals surface area (Å²) in [5.41, 5.74) is 3.30. The number of hydrogen-bond acceptors (Lipinski definition) is 2. The highest BCUT2D eigenvalue weighted by molar-refractivity contribution is 7.99. The molecular weight excluding hydrogens is 204 g/mol. The molecule has 15 heavy (non-hydrogen) atoms. The first-order chi connectivity index (χ1) is 7.20. The molecule has 0 saturated carbocycles. The predicted molar refractivity (Wildman–Crippen MR) is 65.7 cm³/mol. The lowest BCUT2D eigenvalue weighted by molar-refractivity contribution is 0.0933. The molecule has 0 radical (unpaired) electrons. The molecule has 1 atom stereocenters. The van der Waals surface area contributed by atoms with Gasteiger partial charge in [-0.3, -0.25) is 4.79 Å². The van der Waals surface area contributed by atoms with Gasteiger partial charge in [-0.15, -0.1) is 0 Å². The zero-order valence-corrected chi connectivity index (χ0v) is 10.1. The van der Waals surface area contributed by atoms with Crippen LogP contribution in [0, 0.1) is 19.8 Å². The Kier molecular flexibility index (Phi) is 3.15. The van der Waals surface area contributed by atoms with Crippen LogP contribution >= 0.6 is 11.8 Å². The van der Waals surface area contributed by atoms with Crippen LogP contribution in [0.1, 0.15) is 27.9 Å². The molecule has 0 N–H and O–H groups in total. The first-order valence-corrected chi connectivity index (χ1v) is 6.54. The van der Waals surface area contributed by atoms with Gasteiger partial charge in [-0.2, -0.15) is 11.8 Å². The van der Waals surface area contributed by atoms with Crippen molar-refractivity contribution >= 4 is 17.5 Å². The van der Waals surface area contributed by atoms with Gasteiger partial charge in [0.2, 0.25) is 0 Å². The molecule has 1 aliphatic heterocycles. The van der Waals surface area contributed by atoms with Crippen molar-refractivity contribution in [1.82, 2.24) is 0 Å². The third-order valence-corrected chi connectivity index (χ3v) is 4.33. The largest absolute Gasteiger partial charge is 0.294 e. The molecule has 2 rings (SSSR count). The molecule has 0 bridgehead atoms. The molecule has 1 aromatic carbocycles. The summed E-state index contributed by atoms with van der Waals surface area (Å²) in [6.45, 7) is 4.11. The van der Waals surface area contributed by atoms with Crippen LogP contribution in [0.15, 0.2) is 18.2 Å². The van der Waals surface area contributed by atoms with E-state index in [-0.39, 0.29) is 5.92 Å². The average molecular weight is 220 g/mol. The molecular formula is C13H16OS. The second kappa shape index (κ2) is 4.40. The summed E-state index contributed by atoms with van der Waals surface area (Å²) in [6.07, 6.45) is 1.05. The van der Waals surface area contributed by atoms with Crippen LogP contribution in [0.3, 0.4) is 0 Å². The Morgan fingerprint density at radius 3 is 2.87 bits per heavy atom. The van der Waals surface area contributed by atoms with E-state index >= 15 is 0 Å². The van der Waals surface area contributed by atoms with E-state index < -0.39 is 0 Å². The Hall–Kier alpha value is -0.760. The summed E-state index contributed by atoms with van der Waals surface area (Å²) < 4.78 is 0. The van der Waals surface area contributed by atoms with Crippen LogP contribution in [-0.4, -0.2) is 17.3 Å². The molecule has 1 heterocycles. The van der Waals surface area contributed by atoms with Gasteiger partial charge in [0.25, 0.3) is 0 Å². The van der Waals surface area contributed by atoms with Gasteiger partial charge in [0.05, 0.1) is 0 Å². The highest BCUT2D eigenvalue weighted by Gasteiger charge is 2.25. The van der Waals surface area contributed by atoms with Gasteiger partial charge in [-0.05, 0) is 37.1 Å². The molecule has 0 amide bonds. The van der Waals surface area contributed by atoms with Gasteiger partial charge in [0.15, 0.2) is 5.78 Å². The van der Waals surface area contributed by atoms with E-state index in [0.29, 0.717) is 5.78 Å². The van der Waals surface area contributed by atoms with E-state index in [1.165, 1.54) is 5.56 Å². The number of ketones is 1. The van der Waals surface area contributed by atoms with Crippen molar-refractivity contribution < 1.29 is 4.79 Å². The summed E-state index contributed by atoms with van der Waals surface area (Å²) >= 11 is 1.89. The summed E-state index contributed by atoms with van der Waals surface area (Å²) in [5.74, 6) is 2.75. The summed E-state index contributed by atoms with van der Waals surface area (Å²) in [5, 5.41) is 0. The zero-order valence-electron chi connectivity index (χ0n) is 9.25. The monoisotopic (exact) mass is 220 g/mol. The topological polar surface area (TPSA) is 17.1 Å². The molecule has 0 aromatic heterocycles. The molecule has 1 nitrogen and oxygen atoms in total. The van der Waals surface area contributed by atoms with Crippen molar-refractivity contribution in [2.45, 2.75) is 20.3 Å². The number of rotatable bonds is 2. The van der Waals surface area contributed by atoms with Crippen molar-refractivity contribution in [3.05, 3.63) is 34.9 Å². The number of carbonyl (C=O) groups is 1. The Bertz CT molecular complexity index is 378. The fourth-order valence-corrected chi connectivity index (χ4v) is 3.20. The first kappa shape index (κ1) is 10.7. The van der Waals surface area contributed by atoms with Gasteiger partial charge in [-0.1, -0.05) is 18.2 Å². The summed E-state index contributed by atoms with van der Waals surface area (Å²) in [6, 6.07) is 6.01. The lowest BCUT2D eigenvalue weighted by atomic mass is 9.92. The molecule has 1 unspecified atom stereocenters. The second-order valence-corrected chi connectivity index (χ2v) is 5.32. The zero-order chi connectivity index (χ0) is 10.8. The number of hydrogen-bond donors (Lipinski definition) is 0. The smallest absolute Gasteiger partial charge is 0.167 e. The normalized spacial score (nSPS) is 20.5. The number of benzene rings is 1. The van der Waals surface area contributed by atoms with E-state index in [1.807, 2.05) is 30.8 Å². The highest BCUT2D eigenvalue weighted by Crippen LogP contribution is 2.28. The Morgan fingerprint density at radius 1 is 1.40 bits per heavy atom. The van der Waals surface area contributed by atoms with Gasteiger partial charge >= 0.3 is 0 Å². The van der Waals surface area contributed by atoms with Crippen LogP contribution in [0.25, 0.3) is 0 Å². The maximum Gasteiger partial charge on any atom is 0.167 e. The summed E-state index contributed by atoms with van der Waals surface area (Å²) in [7, 11) is 0. The van der Waals surface area contributed by atoms with Crippen LogP contribution in [-0.2, 0) is 0 Å². The van der Waals surface area contributed by atoms with E-state index in [4.69, 9.17) is 0 Å². The Morgan fingerprint density at radius 2 is 2.20 bits per heavy atom. The van der Waals surface area contributed by atoms with Gasteiger partial charge in [0.1, 0.15) is 0 Å². The van der Waals surface area contributed by atoms with Crippen LogP contribution < -0.4 is 0 Å². The highest BCUT2D eigenvalue weighted by atomic mass is 32.2. The van der Waals surface area contributed by atoms with Crippen molar-refractivity contribution in [3.8, 4) is 0 Å². The minimum atomic E-state index is 0.260. The molecule has 0 spiro atoms. The lowest BCUT2D eigenvalue weighted by Crippen LogP contribution is -2.15. The molecule has 1 saturated heterocycles. The van der Waals surface area contributed by atoms with E-state index in [0.717, 1.165) is 29.1 Å². The van der Waals surface area contributed by atoms with Gasteiger partial charge in [-0.25, -0.2) is 0 Å².